The zero-order chi connectivity index (χ0) is 22.2. The average Bonchev–Trinajstić information content (AvgIpc) is 3.17. The van der Waals surface area contributed by atoms with Crippen LogP contribution in [0.1, 0.15) is 31.0 Å². The van der Waals surface area contributed by atoms with Crippen molar-refractivity contribution in [2.24, 2.45) is 0 Å². The summed E-state index contributed by atoms with van der Waals surface area (Å²) in [6.07, 6.45) is 0.936. The number of carbonyl (C=O) groups is 1. The number of halogens is 1. The summed E-state index contributed by atoms with van der Waals surface area (Å²) >= 11 is 0. The smallest absolute Gasteiger partial charge is 0.255 e. The minimum Gasteiger partial charge on any atom is -0.329 e. The van der Waals surface area contributed by atoms with Gasteiger partial charge < -0.3 is 10.6 Å². The van der Waals surface area contributed by atoms with Crippen molar-refractivity contribution in [1.29, 1.82) is 0 Å². The largest absolute Gasteiger partial charge is 0.329 e. The fraction of sp³-hybridized carbons (Fsp3) is 0.154. The van der Waals surface area contributed by atoms with Gasteiger partial charge in [-0.25, -0.2) is 9.37 Å². The zero-order valence-corrected chi connectivity index (χ0v) is 17.9. The van der Waals surface area contributed by atoms with Gasteiger partial charge in [0.1, 0.15) is 5.82 Å². The summed E-state index contributed by atoms with van der Waals surface area (Å²) in [5.74, 6) is 0.125. The molecule has 1 aliphatic rings. The van der Waals surface area contributed by atoms with E-state index >= 15 is 0 Å². The highest BCUT2D eigenvalue weighted by Gasteiger charge is 2.34. The lowest BCUT2D eigenvalue weighted by molar-refractivity contribution is -0.113. The Morgan fingerprint density at radius 2 is 1.78 bits per heavy atom. The molecule has 1 unspecified atom stereocenters. The second-order valence-corrected chi connectivity index (χ2v) is 7.92. The van der Waals surface area contributed by atoms with Gasteiger partial charge in [0.05, 0.1) is 22.6 Å². The Labute approximate surface area is 185 Å². The van der Waals surface area contributed by atoms with Gasteiger partial charge in [0, 0.05) is 11.4 Å². The highest BCUT2D eigenvalue weighted by Crippen LogP contribution is 2.39. The first-order valence-corrected chi connectivity index (χ1v) is 10.7. The fourth-order valence-electron chi connectivity index (χ4n) is 4.24. The molecule has 0 spiro atoms. The van der Waals surface area contributed by atoms with Gasteiger partial charge >= 0.3 is 0 Å². The van der Waals surface area contributed by atoms with Crippen LogP contribution in [0.3, 0.4) is 0 Å². The standard InChI is InChI=1S/C26H23FN4O/c1-3-17-8-14-20(15-9-17)29-25(32)23-16(2)28-26-30-21-6-4-5-7-22(21)31(26)24(23)18-10-12-19(27)13-11-18/h4-15,24H,3H2,1-2H3,(H,28,30)(H,29,32). The molecule has 4 aromatic rings. The van der Waals surface area contributed by atoms with Crippen LogP contribution in [-0.4, -0.2) is 15.5 Å². The first-order valence-electron chi connectivity index (χ1n) is 10.7. The summed E-state index contributed by atoms with van der Waals surface area (Å²) in [6.45, 7) is 3.96. The van der Waals surface area contributed by atoms with Crippen LogP contribution in [-0.2, 0) is 11.2 Å². The Kier molecular flexibility index (Phi) is 4.98. The highest BCUT2D eigenvalue weighted by molar-refractivity contribution is 6.06. The number of nitrogens with zero attached hydrogens (tertiary/aromatic N) is 2. The molecule has 0 radical (unpaired) electrons. The molecular weight excluding hydrogens is 403 g/mol. The van der Waals surface area contributed by atoms with Crippen molar-refractivity contribution in [3.63, 3.8) is 0 Å². The molecule has 1 aliphatic heterocycles. The van der Waals surface area contributed by atoms with E-state index < -0.39 is 6.04 Å². The van der Waals surface area contributed by atoms with Crippen LogP contribution < -0.4 is 10.6 Å². The Balaban J connectivity index is 1.62. The van der Waals surface area contributed by atoms with Gasteiger partial charge in [0.15, 0.2) is 0 Å². The molecule has 6 heteroatoms. The molecule has 160 valence electrons. The average molecular weight is 426 g/mol. The Morgan fingerprint density at radius 3 is 2.50 bits per heavy atom. The van der Waals surface area contributed by atoms with E-state index in [1.54, 1.807) is 12.1 Å². The molecule has 32 heavy (non-hydrogen) atoms. The fourth-order valence-corrected chi connectivity index (χ4v) is 4.24. The number of hydrogen-bond acceptors (Lipinski definition) is 3. The SMILES string of the molecule is CCc1ccc(NC(=O)C2=C(C)Nc3nc4ccccc4n3C2c2ccc(F)cc2)cc1. The number of nitrogens with one attached hydrogen (secondary N) is 2. The maximum atomic E-state index is 13.7. The summed E-state index contributed by atoms with van der Waals surface area (Å²) in [5.41, 5.74) is 5.74. The summed E-state index contributed by atoms with van der Waals surface area (Å²) in [6, 6.07) is 21.5. The topological polar surface area (TPSA) is 59.0 Å². The van der Waals surface area contributed by atoms with E-state index in [0.717, 1.165) is 28.7 Å². The van der Waals surface area contributed by atoms with E-state index in [9.17, 15) is 9.18 Å². The molecule has 0 saturated heterocycles. The van der Waals surface area contributed by atoms with Gasteiger partial charge in [-0.05, 0) is 60.9 Å². The third-order valence-corrected chi connectivity index (χ3v) is 5.88. The molecule has 5 rings (SSSR count). The van der Waals surface area contributed by atoms with Crippen LogP contribution in [0.4, 0.5) is 16.0 Å². The summed E-state index contributed by atoms with van der Waals surface area (Å²) < 4.78 is 15.7. The molecule has 0 bridgehead atoms. The number of fused-ring (bicyclic) bond motifs is 3. The second kappa shape index (κ2) is 7.96. The molecule has 0 fully saturated rings. The predicted molar refractivity (Wildman–Crippen MR) is 125 cm³/mol. The molecular formula is C26H23FN4O. The van der Waals surface area contributed by atoms with Crippen molar-refractivity contribution < 1.29 is 9.18 Å². The van der Waals surface area contributed by atoms with Crippen LogP contribution in [0.5, 0.6) is 0 Å². The van der Waals surface area contributed by atoms with Crippen LogP contribution in [0.15, 0.2) is 84.1 Å². The van der Waals surface area contributed by atoms with Gasteiger partial charge in [-0.15, -0.1) is 0 Å². The molecule has 5 nitrogen and oxygen atoms in total. The lowest BCUT2D eigenvalue weighted by Crippen LogP contribution is -2.30. The molecule has 0 saturated carbocycles. The Hall–Kier alpha value is -3.93. The van der Waals surface area contributed by atoms with Crippen LogP contribution in [0, 0.1) is 5.82 Å². The van der Waals surface area contributed by atoms with E-state index in [1.807, 2.05) is 60.0 Å². The molecule has 3 aromatic carbocycles. The number of rotatable bonds is 4. The van der Waals surface area contributed by atoms with Crippen molar-refractivity contribution in [3.8, 4) is 0 Å². The van der Waals surface area contributed by atoms with E-state index in [1.165, 1.54) is 17.7 Å². The molecule has 1 atom stereocenters. The van der Waals surface area contributed by atoms with Crippen molar-refractivity contribution in [1.82, 2.24) is 9.55 Å². The van der Waals surface area contributed by atoms with E-state index in [4.69, 9.17) is 4.98 Å². The summed E-state index contributed by atoms with van der Waals surface area (Å²) in [7, 11) is 0. The van der Waals surface area contributed by atoms with Gasteiger partial charge in [-0.3, -0.25) is 9.36 Å². The summed E-state index contributed by atoms with van der Waals surface area (Å²) in [4.78, 5) is 18.2. The second-order valence-electron chi connectivity index (χ2n) is 7.92. The Morgan fingerprint density at radius 1 is 1.06 bits per heavy atom. The zero-order valence-electron chi connectivity index (χ0n) is 17.9. The first-order chi connectivity index (χ1) is 15.5. The highest BCUT2D eigenvalue weighted by atomic mass is 19.1. The van der Waals surface area contributed by atoms with Crippen LogP contribution in [0.25, 0.3) is 11.0 Å². The predicted octanol–water partition coefficient (Wildman–Crippen LogP) is 5.67. The minimum absolute atomic E-state index is 0.211. The number of para-hydroxylation sites is 2. The van der Waals surface area contributed by atoms with Crippen molar-refractivity contribution in [2.45, 2.75) is 26.3 Å². The van der Waals surface area contributed by atoms with E-state index in [0.29, 0.717) is 17.2 Å². The number of aryl methyl sites for hydroxylation is 1. The lowest BCUT2D eigenvalue weighted by atomic mass is 9.94. The number of hydrogen-bond donors (Lipinski definition) is 2. The van der Waals surface area contributed by atoms with Gasteiger partial charge in [0.25, 0.3) is 5.91 Å². The maximum Gasteiger partial charge on any atom is 0.255 e. The van der Waals surface area contributed by atoms with Crippen molar-refractivity contribution >= 4 is 28.6 Å². The molecule has 1 aromatic heterocycles. The normalized spacial score (nSPS) is 15.4. The third-order valence-electron chi connectivity index (χ3n) is 5.88. The number of amides is 1. The number of aromatic nitrogens is 2. The van der Waals surface area contributed by atoms with Crippen LogP contribution in [0.2, 0.25) is 0 Å². The number of allylic oxidation sites excluding steroid dienone is 1. The van der Waals surface area contributed by atoms with E-state index in [-0.39, 0.29) is 11.7 Å². The quantitative estimate of drug-likeness (QED) is 0.442. The van der Waals surface area contributed by atoms with Gasteiger partial charge in [-0.2, -0.15) is 0 Å². The molecule has 2 N–H and O–H groups in total. The van der Waals surface area contributed by atoms with Gasteiger partial charge in [-0.1, -0.05) is 43.3 Å². The van der Waals surface area contributed by atoms with E-state index in [2.05, 4.69) is 17.6 Å². The number of anilines is 2. The summed E-state index contributed by atoms with van der Waals surface area (Å²) in [5, 5.41) is 6.32. The van der Waals surface area contributed by atoms with Crippen LogP contribution >= 0.6 is 0 Å². The Bertz CT molecular complexity index is 1340. The molecule has 0 aliphatic carbocycles. The maximum absolute atomic E-state index is 13.7. The van der Waals surface area contributed by atoms with Crippen molar-refractivity contribution in [2.75, 3.05) is 10.6 Å². The lowest BCUT2D eigenvalue weighted by Gasteiger charge is -2.30. The minimum atomic E-state index is -0.450. The van der Waals surface area contributed by atoms with Gasteiger partial charge in [0.2, 0.25) is 5.95 Å². The number of imidazole rings is 1. The molecule has 2 heterocycles. The number of benzene rings is 3. The van der Waals surface area contributed by atoms with Crippen molar-refractivity contribution in [3.05, 3.63) is 101 Å². The molecule has 1 amide bonds. The first kappa shape index (κ1) is 20.0. The number of carbonyl (C=O) groups excluding carboxylic acids is 1. The monoisotopic (exact) mass is 426 g/mol. The third kappa shape index (κ3) is 3.43.